The Hall–Kier alpha value is 0.620. The van der Waals surface area contributed by atoms with Gasteiger partial charge in [-0.2, -0.15) is 0 Å². The van der Waals surface area contributed by atoms with Crippen molar-refractivity contribution in [3.63, 3.8) is 0 Å². The van der Waals surface area contributed by atoms with Crippen molar-refractivity contribution >= 4 is 24.1 Å². The molecule has 7 heavy (non-hydrogen) atoms. The molecule has 0 heterocycles. The minimum absolute atomic E-state index is 0.716. The Labute approximate surface area is 51.7 Å². The first kappa shape index (κ1) is 7.62. The van der Waals surface area contributed by atoms with E-state index in [2.05, 4.69) is 0 Å². The summed E-state index contributed by atoms with van der Waals surface area (Å²) in [6.45, 7) is 0. The second-order valence-electron chi connectivity index (χ2n) is 1.02. The summed E-state index contributed by atoms with van der Waals surface area (Å²) in [5.41, 5.74) is 0. The van der Waals surface area contributed by atoms with E-state index in [9.17, 15) is 0 Å². The number of rotatable bonds is 4. The molecule has 0 rings (SSSR count). The van der Waals surface area contributed by atoms with Gasteiger partial charge in [0.15, 0.2) is 0 Å². The Morgan fingerprint density at radius 2 is 1.43 bits per heavy atom. The van der Waals surface area contributed by atoms with Crippen molar-refractivity contribution in [2.75, 3.05) is 11.5 Å². The van der Waals surface area contributed by atoms with Gasteiger partial charge >= 0.3 is 0 Å². The molecule has 0 fully saturated rings. The van der Waals surface area contributed by atoms with E-state index in [1.807, 2.05) is 0 Å². The Morgan fingerprint density at radius 1 is 1.00 bits per heavy atom. The molecular weight excluding hydrogens is 132 g/mol. The molecule has 0 amide bonds. The van der Waals surface area contributed by atoms with Gasteiger partial charge in [-0.15, -0.1) is 0 Å². The van der Waals surface area contributed by atoms with Crippen LogP contribution in [0.3, 0.4) is 0 Å². The summed E-state index contributed by atoms with van der Waals surface area (Å²) in [5, 5.41) is 0. The maximum Gasteiger partial charge on any atom is 0.0204 e. The first-order chi connectivity index (χ1) is 3.41. The molecular formula is C3H8O2S2. The van der Waals surface area contributed by atoms with Gasteiger partial charge in [-0.3, -0.25) is 0 Å². The maximum absolute atomic E-state index is 8.12. The lowest BCUT2D eigenvalue weighted by atomic mass is 10.6. The molecule has 0 aliphatic carbocycles. The standard InChI is InChI=1S/C3H8O2S2/c4-6-2-1-3-7-5/h4-5H,1-3H2. The van der Waals surface area contributed by atoms with E-state index < -0.39 is 0 Å². The Bertz CT molecular complexity index is 30.1. The van der Waals surface area contributed by atoms with Gasteiger partial charge in [-0.1, -0.05) is 0 Å². The fourth-order valence-electron chi connectivity index (χ4n) is 0.188. The predicted octanol–water partition coefficient (Wildman–Crippen LogP) is 1.79. The van der Waals surface area contributed by atoms with Gasteiger partial charge in [0.05, 0.1) is 0 Å². The molecule has 0 unspecified atom stereocenters. The predicted molar refractivity (Wildman–Crippen MR) is 34.8 cm³/mol. The molecule has 0 saturated carbocycles. The molecule has 2 N–H and O–H groups in total. The minimum atomic E-state index is 0.716. The summed E-state index contributed by atoms with van der Waals surface area (Å²) in [6.07, 6.45) is 0.863. The van der Waals surface area contributed by atoms with Crippen LogP contribution < -0.4 is 0 Å². The van der Waals surface area contributed by atoms with Crippen LogP contribution in [0.15, 0.2) is 0 Å². The van der Waals surface area contributed by atoms with Crippen LogP contribution in [0.2, 0.25) is 0 Å². The van der Waals surface area contributed by atoms with Crippen LogP contribution in [0.25, 0.3) is 0 Å². The van der Waals surface area contributed by atoms with E-state index in [-0.39, 0.29) is 0 Å². The zero-order chi connectivity index (χ0) is 5.54. The molecule has 2 nitrogen and oxygen atoms in total. The molecule has 4 heteroatoms. The first-order valence-corrected chi connectivity index (χ1v) is 3.83. The normalized spacial score (nSPS) is 9.43. The molecule has 0 bridgehead atoms. The second kappa shape index (κ2) is 6.62. The van der Waals surface area contributed by atoms with Crippen LogP contribution in [-0.2, 0) is 0 Å². The highest BCUT2D eigenvalue weighted by atomic mass is 32.2. The second-order valence-corrected chi connectivity index (χ2v) is 2.35. The average molecular weight is 140 g/mol. The van der Waals surface area contributed by atoms with Gasteiger partial charge in [-0.25, -0.2) is 0 Å². The van der Waals surface area contributed by atoms with E-state index in [1.54, 1.807) is 0 Å². The third-order valence-corrected chi connectivity index (χ3v) is 1.41. The fourth-order valence-corrected chi connectivity index (χ4v) is 0.918. The van der Waals surface area contributed by atoms with Gasteiger partial charge in [0.25, 0.3) is 0 Å². The van der Waals surface area contributed by atoms with Crippen LogP contribution in [-0.4, -0.2) is 20.6 Å². The summed E-state index contributed by atoms with van der Waals surface area (Å²) in [7, 11) is 0. The third kappa shape index (κ3) is 6.62. The van der Waals surface area contributed by atoms with E-state index in [0.717, 1.165) is 30.5 Å². The molecule has 44 valence electrons. The molecule has 0 aromatic rings. The van der Waals surface area contributed by atoms with Crippen molar-refractivity contribution < 1.29 is 9.11 Å². The highest BCUT2D eigenvalue weighted by molar-refractivity contribution is 7.94. The summed E-state index contributed by atoms with van der Waals surface area (Å²) < 4.78 is 16.2. The number of hydrogen-bond donors (Lipinski definition) is 2. The summed E-state index contributed by atoms with van der Waals surface area (Å²) in [5.74, 6) is 1.43. The Morgan fingerprint density at radius 3 is 1.71 bits per heavy atom. The largest absolute Gasteiger partial charge is 0.330 e. The topological polar surface area (TPSA) is 40.5 Å². The Balaban J connectivity index is 2.45. The van der Waals surface area contributed by atoms with Gasteiger partial charge in [0.1, 0.15) is 0 Å². The molecule has 0 aliphatic heterocycles. The van der Waals surface area contributed by atoms with Crippen molar-refractivity contribution in [3.8, 4) is 0 Å². The van der Waals surface area contributed by atoms with Crippen LogP contribution in [0.4, 0.5) is 0 Å². The SMILES string of the molecule is OSCCCSO. The zero-order valence-corrected chi connectivity index (χ0v) is 5.47. The lowest BCUT2D eigenvalue weighted by molar-refractivity contribution is 0.657. The summed E-state index contributed by atoms with van der Waals surface area (Å²) in [6, 6.07) is 0. The van der Waals surface area contributed by atoms with Crippen molar-refractivity contribution in [1.82, 2.24) is 0 Å². The molecule has 0 spiro atoms. The molecule has 0 atom stereocenters. The highest BCUT2D eigenvalue weighted by Gasteiger charge is 1.83. The van der Waals surface area contributed by atoms with Crippen molar-refractivity contribution in [2.24, 2.45) is 0 Å². The van der Waals surface area contributed by atoms with Gasteiger partial charge < -0.3 is 9.11 Å². The van der Waals surface area contributed by atoms with Crippen molar-refractivity contribution in [1.29, 1.82) is 0 Å². The molecule has 0 saturated heterocycles. The lowest BCUT2D eigenvalue weighted by Gasteiger charge is -1.88. The monoisotopic (exact) mass is 140 g/mol. The van der Waals surface area contributed by atoms with Crippen LogP contribution in [0, 0.1) is 0 Å². The van der Waals surface area contributed by atoms with E-state index in [4.69, 9.17) is 9.11 Å². The first-order valence-electron chi connectivity index (χ1n) is 1.94. The van der Waals surface area contributed by atoms with Crippen LogP contribution >= 0.6 is 24.1 Å². The maximum atomic E-state index is 8.12. The molecule has 0 aromatic carbocycles. The van der Waals surface area contributed by atoms with Gasteiger partial charge in [-0.05, 0) is 30.5 Å². The third-order valence-electron chi connectivity index (χ3n) is 0.471. The Kier molecular flexibility index (Phi) is 7.21. The lowest BCUT2D eigenvalue weighted by Crippen LogP contribution is -1.80. The van der Waals surface area contributed by atoms with E-state index in [0.29, 0.717) is 11.5 Å². The number of hydrogen-bond acceptors (Lipinski definition) is 4. The summed E-state index contributed by atoms with van der Waals surface area (Å²) >= 11 is 1.63. The minimum Gasteiger partial charge on any atom is -0.330 e. The highest BCUT2D eigenvalue weighted by Crippen LogP contribution is 1.99. The fraction of sp³-hybridized carbons (Fsp3) is 1.00. The average Bonchev–Trinajstić information content (AvgIpc) is 1.69. The summed E-state index contributed by atoms with van der Waals surface area (Å²) in [4.78, 5) is 0. The van der Waals surface area contributed by atoms with Crippen molar-refractivity contribution in [2.45, 2.75) is 6.42 Å². The smallest absolute Gasteiger partial charge is 0.0204 e. The van der Waals surface area contributed by atoms with Crippen molar-refractivity contribution in [3.05, 3.63) is 0 Å². The van der Waals surface area contributed by atoms with Crippen LogP contribution in [0.1, 0.15) is 6.42 Å². The quantitative estimate of drug-likeness (QED) is 0.461. The molecule has 0 radical (unpaired) electrons. The molecule has 0 aromatic heterocycles. The van der Waals surface area contributed by atoms with Crippen LogP contribution in [0.5, 0.6) is 0 Å². The zero-order valence-electron chi connectivity index (χ0n) is 3.83. The van der Waals surface area contributed by atoms with Gasteiger partial charge in [0, 0.05) is 11.5 Å². The van der Waals surface area contributed by atoms with Gasteiger partial charge in [0.2, 0.25) is 0 Å². The van der Waals surface area contributed by atoms with E-state index >= 15 is 0 Å². The molecule has 0 aliphatic rings. The van der Waals surface area contributed by atoms with E-state index in [1.165, 1.54) is 0 Å².